The number of hydrogen-bond acceptors (Lipinski definition) is 4. The van der Waals surface area contributed by atoms with Crippen LogP contribution in [-0.4, -0.2) is 25.2 Å². The lowest BCUT2D eigenvalue weighted by Crippen LogP contribution is -2.42. The largest absolute Gasteiger partial charge is 0.296 e. The summed E-state index contributed by atoms with van der Waals surface area (Å²) in [6, 6.07) is 9.11. The average Bonchev–Trinajstić information content (AvgIpc) is 2.38. The molecule has 0 aliphatic heterocycles. The average molecular weight is 307 g/mol. The molecule has 4 nitrogen and oxygen atoms in total. The first-order valence-electron chi connectivity index (χ1n) is 6.75. The van der Waals surface area contributed by atoms with Crippen LogP contribution >= 0.6 is 0 Å². The highest BCUT2D eigenvalue weighted by Crippen LogP contribution is 2.28. The molecular formula is C16H21NO3S. The van der Waals surface area contributed by atoms with Crippen LogP contribution in [0.2, 0.25) is 0 Å². The lowest BCUT2D eigenvalue weighted by Gasteiger charge is -2.23. The third-order valence-electron chi connectivity index (χ3n) is 3.85. The van der Waals surface area contributed by atoms with E-state index >= 15 is 0 Å². The summed E-state index contributed by atoms with van der Waals surface area (Å²) in [6.07, 6.45) is 1.02. The van der Waals surface area contributed by atoms with Gasteiger partial charge >= 0.3 is 0 Å². The van der Waals surface area contributed by atoms with Crippen LogP contribution in [0.15, 0.2) is 24.3 Å². The van der Waals surface area contributed by atoms with Crippen LogP contribution in [0.5, 0.6) is 0 Å². The van der Waals surface area contributed by atoms with Gasteiger partial charge in [0.05, 0.1) is 6.07 Å². The molecule has 0 heterocycles. The van der Waals surface area contributed by atoms with Gasteiger partial charge in [0.25, 0.3) is 0 Å². The summed E-state index contributed by atoms with van der Waals surface area (Å²) in [7, 11) is -3.59. The second-order valence-corrected chi connectivity index (χ2v) is 8.60. The van der Waals surface area contributed by atoms with Crippen molar-refractivity contribution in [2.75, 3.05) is 6.26 Å². The summed E-state index contributed by atoms with van der Waals surface area (Å²) >= 11 is 0. The van der Waals surface area contributed by atoms with Crippen LogP contribution in [0.1, 0.15) is 50.7 Å². The second-order valence-electron chi connectivity index (χ2n) is 6.03. The van der Waals surface area contributed by atoms with Crippen molar-refractivity contribution in [1.82, 2.24) is 0 Å². The highest BCUT2D eigenvalue weighted by Gasteiger charge is 2.42. The summed E-state index contributed by atoms with van der Waals surface area (Å²) in [6.45, 7) is 6.79. The molecule has 0 saturated heterocycles. The molecule has 0 bridgehead atoms. The Balaban J connectivity index is 3.21. The van der Waals surface area contributed by atoms with E-state index in [0.717, 1.165) is 11.8 Å². The minimum absolute atomic E-state index is 0.350. The zero-order valence-electron chi connectivity index (χ0n) is 13.0. The predicted molar refractivity (Wildman–Crippen MR) is 82.8 cm³/mol. The number of nitriles is 1. The van der Waals surface area contributed by atoms with Crippen LogP contribution in [0.25, 0.3) is 0 Å². The maximum Gasteiger partial charge on any atom is 0.175 e. The summed E-state index contributed by atoms with van der Waals surface area (Å²) in [5, 5.41) is 9.29. The fourth-order valence-corrected chi connectivity index (χ4v) is 2.37. The number of benzene rings is 1. The van der Waals surface area contributed by atoms with Gasteiger partial charge in [0, 0.05) is 6.26 Å². The molecule has 1 atom stereocenters. The van der Waals surface area contributed by atoms with E-state index in [4.69, 9.17) is 0 Å². The lowest BCUT2D eigenvalue weighted by molar-refractivity contribution is -0.121. The molecule has 0 spiro atoms. The third kappa shape index (κ3) is 3.51. The van der Waals surface area contributed by atoms with Gasteiger partial charge in [-0.05, 0) is 30.9 Å². The molecule has 0 aliphatic rings. The standard InChI is InChI=1S/C16H21NO3S/c1-11(2)12-6-8-13(9-7-12)14(10-17)15(18)16(3,4)21(5,19)20/h6-9,11,14H,1-5H3. The van der Waals surface area contributed by atoms with Crippen molar-refractivity contribution < 1.29 is 13.2 Å². The van der Waals surface area contributed by atoms with E-state index in [-0.39, 0.29) is 0 Å². The van der Waals surface area contributed by atoms with E-state index in [1.807, 2.05) is 18.2 Å². The van der Waals surface area contributed by atoms with Gasteiger partial charge in [0.15, 0.2) is 15.6 Å². The first-order chi connectivity index (χ1) is 9.52. The number of ketones is 1. The van der Waals surface area contributed by atoms with Gasteiger partial charge in [-0.2, -0.15) is 5.26 Å². The van der Waals surface area contributed by atoms with Crippen molar-refractivity contribution in [3.63, 3.8) is 0 Å². The van der Waals surface area contributed by atoms with E-state index in [0.29, 0.717) is 11.5 Å². The summed E-state index contributed by atoms with van der Waals surface area (Å²) in [5.41, 5.74) is 1.63. The Hall–Kier alpha value is -1.67. The highest BCUT2D eigenvalue weighted by molar-refractivity contribution is 7.92. The molecule has 0 amide bonds. The number of carbonyl (C=O) groups is 1. The van der Waals surface area contributed by atoms with E-state index in [1.54, 1.807) is 12.1 Å². The maximum atomic E-state index is 12.5. The molecule has 1 aromatic rings. The van der Waals surface area contributed by atoms with Gasteiger partial charge in [0.1, 0.15) is 10.7 Å². The summed E-state index contributed by atoms with van der Waals surface area (Å²) in [4.78, 5) is 12.5. The van der Waals surface area contributed by atoms with Gasteiger partial charge in [0.2, 0.25) is 0 Å². The molecular weight excluding hydrogens is 286 g/mol. The molecule has 0 aliphatic carbocycles. The quantitative estimate of drug-likeness (QED) is 0.838. The molecule has 114 valence electrons. The zero-order valence-corrected chi connectivity index (χ0v) is 13.9. The van der Waals surface area contributed by atoms with Gasteiger partial charge in [-0.15, -0.1) is 0 Å². The maximum absolute atomic E-state index is 12.5. The number of Topliss-reactive ketones (excluding diaryl/α,β-unsaturated/α-hetero) is 1. The first-order valence-corrected chi connectivity index (χ1v) is 8.65. The SMILES string of the molecule is CC(C)c1ccc(C(C#N)C(=O)C(C)(C)S(C)(=O)=O)cc1. The Morgan fingerprint density at radius 1 is 1.14 bits per heavy atom. The lowest BCUT2D eigenvalue weighted by atomic mass is 9.88. The second kappa shape index (κ2) is 5.98. The van der Waals surface area contributed by atoms with Crippen LogP contribution in [0.3, 0.4) is 0 Å². The van der Waals surface area contributed by atoms with Crippen molar-refractivity contribution in [3.05, 3.63) is 35.4 Å². The van der Waals surface area contributed by atoms with Crippen LogP contribution < -0.4 is 0 Å². The smallest absolute Gasteiger partial charge is 0.175 e. The third-order valence-corrected chi connectivity index (χ3v) is 5.90. The van der Waals surface area contributed by atoms with E-state index in [1.165, 1.54) is 13.8 Å². The van der Waals surface area contributed by atoms with E-state index < -0.39 is 26.3 Å². The van der Waals surface area contributed by atoms with Crippen molar-refractivity contribution >= 4 is 15.6 Å². The Labute approximate surface area is 126 Å². The van der Waals surface area contributed by atoms with Gasteiger partial charge in [-0.1, -0.05) is 38.1 Å². The van der Waals surface area contributed by atoms with Crippen LogP contribution in [0, 0.1) is 11.3 Å². The minimum atomic E-state index is -3.59. The predicted octanol–water partition coefficient (Wildman–Crippen LogP) is 2.81. The Morgan fingerprint density at radius 3 is 1.90 bits per heavy atom. The summed E-state index contributed by atoms with van der Waals surface area (Å²) < 4.78 is 21.9. The zero-order chi connectivity index (χ0) is 16.4. The van der Waals surface area contributed by atoms with Crippen LogP contribution in [0.4, 0.5) is 0 Å². The molecule has 1 aromatic carbocycles. The number of sulfone groups is 1. The van der Waals surface area contributed by atoms with E-state index in [2.05, 4.69) is 13.8 Å². The normalized spacial score (nSPS) is 13.8. The number of carbonyl (C=O) groups excluding carboxylic acids is 1. The molecule has 1 rings (SSSR count). The molecule has 0 fully saturated rings. The van der Waals surface area contributed by atoms with E-state index in [9.17, 15) is 18.5 Å². The fourth-order valence-electron chi connectivity index (χ4n) is 1.89. The van der Waals surface area contributed by atoms with Gasteiger partial charge < -0.3 is 0 Å². The minimum Gasteiger partial charge on any atom is -0.296 e. The van der Waals surface area contributed by atoms with Gasteiger partial charge in [-0.3, -0.25) is 4.79 Å². The fraction of sp³-hybridized carbons (Fsp3) is 0.500. The molecule has 1 unspecified atom stereocenters. The number of nitrogens with zero attached hydrogens (tertiary/aromatic N) is 1. The molecule has 0 radical (unpaired) electrons. The monoisotopic (exact) mass is 307 g/mol. The first kappa shape index (κ1) is 17.4. The number of hydrogen-bond donors (Lipinski definition) is 0. The van der Waals surface area contributed by atoms with Crippen LogP contribution in [-0.2, 0) is 14.6 Å². The molecule has 0 N–H and O–H groups in total. The van der Waals surface area contributed by atoms with Crippen molar-refractivity contribution in [1.29, 1.82) is 5.26 Å². The Bertz CT molecular complexity index is 664. The molecule has 21 heavy (non-hydrogen) atoms. The topological polar surface area (TPSA) is 75.0 Å². The molecule has 0 saturated carbocycles. The highest BCUT2D eigenvalue weighted by atomic mass is 32.2. The van der Waals surface area contributed by atoms with Crippen molar-refractivity contribution in [3.8, 4) is 6.07 Å². The number of rotatable bonds is 5. The van der Waals surface area contributed by atoms with Crippen molar-refractivity contribution in [2.24, 2.45) is 0 Å². The Kier molecular flexibility index (Phi) is 4.95. The summed E-state index contributed by atoms with van der Waals surface area (Å²) in [5.74, 6) is -1.32. The van der Waals surface area contributed by atoms with Gasteiger partial charge in [-0.25, -0.2) is 8.42 Å². The molecule has 0 aromatic heterocycles. The Morgan fingerprint density at radius 2 is 1.57 bits per heavy atom. The van der Waals surface area contributed by atoms with Crippen molar-refractivity contribution in [2.45, 2.75) is 44.3 Å². The molecule has 5 heteroatoms.